The van der Waals surface area contributed by atoms with Crippen LogP contribution in [-0.2, 0) is 26.2 Å². The van der Waals surface area contributed by atoms with Crippen LogP contribution < -0.4 is 10.5 Å². The SMILES string of the molecule is CCC(=O)[N+](C)(Cc1ccccc1-c1ccccc1S(=O)(=O)Nc1noc(C)c1C)[C@H](C(N)=O)C(C)C. The minimum Gasteiger partial charge on any atom is -0.364 e. The third kappa shape index (κ3) is 5.60. The molecule has 0 bridgehead atoms. The van der Waals surface area contributed by atoms with Gasteiger partial charge in [-0.3, -0.25) is 9.52 Å². The smallest absolute Gasteiger partial charge is 0.314 e. The van der Waals surface area contributed by atoms with Crippen LogP contribution in [0.25, 0.3) is 11.1 Å². The van der Waals surface area contributed by atoms with E-state index in [1.807, 2.05) is 32.0 Å². The fraction of sp³-hybridized carbons (Fsp3) is 0.370. The lowest BCUT2D eigenvalue weighted by atomic mass is 9.94. The molecule has 0 saturated carbocycles. The predicted octanol–water partition coefficient (Wildman–Crippen LogP) is 4.15. The van der Waals surface area contributed by atoms with Crippen molar-refractivity contribution in [3.8, 4) is 11.1 Å². The van der Waals surface area contributed by atoms with E-state index in [-0.39, 0.29) is 40.0 Å². The first-order valence-electron chi connectivity index (χ1n) is 12.1. The molecular weight excluding hydrogens is 492 g/mol. The van der Waals surface area contributed by atoms with Crippen LogP contribution in [0.1, 0.15) is 44.1 Å². The molecule has 3 N–H and O–H groups in total. The van der Waals surface area contributed by atoms with Gasteiger partial charge in [0.2, 0.25) is 0 Å². The van der Waals surface area contributed by atoms with Crippen LogP contribution in [0.3, 0.4) is 0 Å². The highest BCUT2D eigenvalue weighted by molar-refractivity contribution is 7.92. The average molecular weight is 528 g/mol. The van der Waals surface area contributed by atoms with Crippen LogP contribution in [0.2, 0.25) is 0 Å². The number of aryl methyl sites for hydroxylation is 1. The largest absolute Gasteiger partial charge is 0.364 e. The number of carbonyl (C=O) groups excluding carboxylic acids is 2. The van der Waals surface area contributed by atoms with E-state index >= 15 is 0 Å². The first-order chi connectivity index (χ1) is 17.3. The normalized spacial score (nSPS) is 14.2. The Morgan fingerprint density at radius 2 is 1.65 bits per heavy atom. The summed E-state index contributed by atoms with van der Waals surface area (Å²) in [5.74, 6) is -0.229. The Morgan fingerprint density at radius 1 is 1.05 bits per heavy atom. The second-order valence-electron chi connectivity index (χ2n) is 9.74. The van der Waals surface area contributed by atoms with Crippen LogP contribution in [0.15, 0.2) is 57.9 Å². The number of quaternary nitrogens is 1. The Balaban J connectivity index is 2.14. The van der Waals surface area contributed by atoms with Gasteiger partial charge in [0.1, 0.15) is 12.3 Å². The summed E-state index contributed by atoms with van der Waals surface area (Å²) in [6, 6.07) is 13.2. The van der Waals surface area contributed by atoms with Crippen LogP contribution in [0.5, 0.6) is 0 Å². The number of hydrogen-bond acceptors (Lipinski definition) is 6. The van der Waals surface area contributed by atoms with Gasteiger partial charge < -0.3 is 10.3 Å². The summed E-state index contributed by atoms with van der Waals surface area (Å²) in [7, 11) is -2.32. The average Bonchev–Trinajstić information content (AvgIpc) is 3.15. The molecule has 198 valence electrons. The third-order valence-corrected chi connectivity index (χ3v) is 8.18. The van der Waals surface area contributed by atoms with Gasteiger partial charge in [-0.2, -0.15) is 0 Å². The first kappa shape index (κ1) is 28.1. The Kier molecular flexibility index (Phi) is 8.24. The zero-order chi connectivity index (χ0) is 27.5. The molecule has 1 unspecified atom stereocenters. The number of hydrogen-bond donors (Lipinski definition) is 2. The second-order valence-corrected chi connectivity index (χ2v) is 11.4. The van der Waals surface area contributed by atoms with Crippen molar-refractivity contribution in [1.29, 1.82) is 0 Å². The number of benzene rings is 2. The molecule has 3 aromatic rings. The monoisotopic (exact) mass is 527 g/mol. The molecule has 9 nitrogen and oxygen atoms in total. The Labute approximate surface area is 218 Å². The van der Waals surface area contributed by atoms with Crippen molar-refractivity contribution >= 4 is 27.7 Å². The number of rotatable bonds is 10. The van der Waals surface area contributed by atoms with Crippen molar-refractivity contribution in [2.45, 2.75) is 58.5 Å². The summed E-state index contributed by atoms with van der Waals surface area (Å²) < 4.78 is 34.4. The molecule has 0 spiro atoms. The van der Waals surface area contributed by atoms with E-state index in [4.69, 9.17) is 10.3 Å². The molecule has 37 heavy (non-hydrogen) atoms. The van der Waals surface area contributed by atoms with E-state index in [9.17, 15) is 18.0 Å². The van der Waals surface area contributed by atoms with Gasteiger partial charge in [0.15, 0.2) is 11.9 Å². The van der Waals surface area contributed by atoms with Crippen LogP contribution in [0, 0.1) is 19.8 Å². The summed E-state index contributed by atoms with van der Waals surface area (Å²) in [4.78, 5) is 25.8. The summed E-state index contributed by atoms with van der Waals surface area (Å²) in [5, 5.41) is 3.83. The highest BCUT2D eigenvalue weighted by Crippen LogP contribution is 2.34. The Morgan fingerprint density at radius 3 is 2.19 bits per heavy atom. The van der Waals surface area contributed by atoms with Crippen molar-refractivity contribution < 1.29 is 27.0 Å². The van der Waals surface area contributed by atoms with Gasteiger partial charge in [0.25, 0.3) is 15.9 Å². The molecule has 2 aromatic carbocycles. The molecule has 2 amide bonds. The fourth-order valence-electron chi connectivity index (χ4n) is 4.86. The molecule has 0 fully saturated rings. The zero-order valence-corrected chi connectivity index (χ0v) is 22.9. The molecular formula is C27H35N4O5S+. The number of nitrogens with one attached hydrogen (secondary N) is 1. The molecule has 0 radical (unpaired) electrons. The van der Waals surface area contributed by atoms with E-state index < -0.39 is 22.0 Å². The van der Waals surface area contributed by atoms with Crippen molar-refractivity contribution in [2.75, 3.05) is 11.8 Å². The van der Waals surface area contributed by atoms with Crippen molar-refractivity contribution in [3.05, 3.63) is 65.4 Å². The molecule has 0 saturated heterocycles. The molecule has 0 aliphatic carbocycles. The molecule has 0 aliphatic heterocycles. The lowest BCUT2D eigenvalue weighted by molar-refractivity contribution is -0.868. The van der Waals surface area contributed by atoms with Crippen LogP contribution in [-0.4, -0.2) is 43.0 Å². The maximum atomic E-state index is 13.5. The standard InChI is InChI=1S/C27H34N4O5S/c1-7-24(32)31(6,25(17(2)3)26(28)33)16-20-12-8-9-13-21(20)22-14-10-11-15-23(22)37(34,35)30-27-18(4)19(5)36-29-27/h8-15,17,25H,7,16H2,1-6H3,(H2-,28,29,30,33)/p+1/t25-,31?/m0/s1. The molecule has 0 aliphatic rings. The highest BCUT2D eigenvalue weighted by Gasteiger charge is 2.45. The first-order valence-corrected chi connectivity index (χ1v) is 13.6. The maximum absolute atomic E-state index is 13.5. The topological polar surface area (TPSA) is 132 Å². The lowest BCUT2D eigenvalue weighted by Crippen LogP contribution is -2.62. The highest BCUT2D eigenvalue weighted by atomic mass is 32.2. The Bertz CT molecular complexity index is 1410. The van der Waals surface area contributed by atoms with Gasteiger partial charge in [-0.15, -0.1) is 0 Å². The quantitative estimate of drug-likeness (QED) is 0.381. The van der Waals surface area contributed by atoms with Gasteiger partial charge >= 0.3 is 5.91 Å². The number of sulfonamides is 1. The van der Waals surface area contributed by atoms with E-state index in [1.165, 1.54) is 6.07 Å². The minimum absolute atomic E-state index is 0.0498. The van der Waals surface area contributed by atoms with Crippen LogP contribution >= 0.6 is 0 Å². The van der Waals surface area contributed by atoms with E-state index in [2.05, 4.69) is 9.88 Å². The number of primary amides is 1. The second kappa shape index (κ2) is 10.9. The number of carbonyl (C=O) groups is 2. The Hall–Kier alpha value is -3.50. The van der Waals surface area contributed by atoms with Crippen molar-refractivity contribution in [2.24, 2.45) is 11.7 Å². The number of anilines is 1. The van der Waals surface area contributed by atoms with Crippen molar-refractivity contribution in [1.82, 2.24) is 5.16 Å². The maximum Gasteiger partial charge on any atom is 0.314 e. The third-order valence-electron chi connectivity index (χ3n) is 6.78. The number of amides is 2. The predicted molar refractivity (Wildman–Crippen MR) is 142 cm³/mol. The van der Waals surface area contributed by atoms with Gasteiger partial charge in [-0.1, -0.05) is 68.4 Å². The summed E-state index contributed by atoms with van der Waals surface area (Å²) >= 11 is 0. The van der Waals surface area contributed by atoms with Gasteiger partial charge in [0, 0.05) is 22.6 Å². The summed E-state index contributed by atoms with van der Waals surface area (Å²) in [6.07, 6.45) is 0.223. The van der Waals surface area contributed by atoms with Crippen molar-refractivity contribution in [3.63, 3.8) is 0 Å². The fourth-order valence-corrected chi connectivity index (χ4v) is 6.14. The summed E-state index contributed by atoms with van der Waals surface area (Å²) in [5.41, 5.74) is 8.19. The van der Waals surface area contributed by atoms with Crippen LogP contribution in [0.4, 0.5) is 5.82 Å². The van der Waals surface area contributed by atoms with E-state index in [1.54, 1.807) is 52.1 Å². The number of aromatic nitrogens is 1. The minimum atomic E-state index is -4.04. The zero-order valence-electron chi connectivity index (χ0n) is 22.1. The van der Waals surface area contributed by atoms with E-state index in [0.29, 0.717) is 22.5 Å². The molecule has 3 rings (SSSR count). The van der Waals surface area contributed by atoms with Gasteiger partial charge in [-0.05, 0) is 25.5 Å². The molecule has 10 heteroatoms. The van der Waals surface area contributed by atoms with Gasteiger partial charge in [0.05, 0.1) is 18.4 Å². The molecule has 1 aromatic heterocycles. The molecule has 2 atom stereocenters. The number of likely N-dealkylation sites (N-methyl/N-ethyl adjacent to an activating group) is 1. The van der Waals surface area contributed by atoms with Gasteiger partial charge in [-0.25, -0.2) is 17.7 Å². The van der Waals surface area contributed by atoms with E-state index in [0.717, 1.165) is 5.56 Å². The number of nitrogens with two attached hydrogens (primary N) is 1. The number of nitrogens with zero attached hydrogens (tertiary/aromatic N) is 2. The summed E-state index contributed by atoms with van der Waals surface area (Å²) in [6.45, 7) is 9.07. The lowest BCUT2D eigenvalue weighted by Gasteiger charge is -2.39. The molecule has 1 heterocycles.